The number of morpholine rings is 1. The van der Waals surface area contributed by atoms with Crippen LogP contribution in [0.1, 0.15) is 12.0 Å². The standard InChI is InChI=1S/C13H11N3O.C11H18N2O2/c1-8-7-14-13-10(8)6-11(15-16-13)9-4-2-3-5-12(9)17;1-2-11(14)13-4-3-10(9-13)12-5-7-15-8-6-12/h2-7,17H,1H3,(H,14,16);2,10H,1,3-9H2/t;10-/m.0/s1. The van der Waals surface area contributed by atoms with Crippen molar-refractivity contribution in [3.8, 4) is 17.0 Å². The molecule has 1 amide bonds. The van der Waals surface area contributed by atoms with Gasteiger partial charge in [0.25, 0.3) is 0 Å². The molecule has 2 aliphatic rings. The Morgan fingerprint density at radius 3 is 2.78 bits per heavy atom. The van der Waals surface area contributed by atoms with Crippen LogP contribution in [0.3, 0.4) is 0 Å². The fourth-order valence-electron chi connectivity index (χ4n) is 4.19. The van der Waals surface area contributed by atoms with Crippen LogP contribution < -0.4 is 0 Å². The molecule has 0 unspecified atom stereocenters. The lowest BCUT2D eigenvalue weighted by Gasteiger charge is -2.31. The van der Waals surface area contributed by atoms with Crippen molar-refractivity contribution in [3.05, 3.63) is 54.7 Å². The summed E-state index contributed by atoms with van der Waals surface area (Å²) in [5.41, 5.74) is 3.26. The Balaban J connectivity index is 0.000000155. The molecule has 32 heavy (non-hydrogen) atoms. The van der Waals surface area contributed by atoms with Gasteiger partial charge in [0.2, 0.25) is 5.91 Å². The van der Waals surface area contributed by atoms with Crippen LogP contribution in [0.5, 0.6) is 5.75 Å². The summed E-state index contributed by atoms with van der Waals surface area (Å²) >= 11 is 0. The monoisotopic (exact) mass is 435 g/mol. The first-order valence-electron chi connectivity index (χ1n) is 10.9. The van der Waals surface area contributed by atoms with Crippen molar-refractivity contribution in [2.45, 2.75) is 19.4 Å². The topological polar surface area (TPSA) is 94.6 Å². The number of ether oxygens (including phenoxy) is 1. The lowest BCUT2D eigenvalue weighted by molar-refractivity contribution is -0.125. The first-order valence-corrected chi connectivity index (χ1v) is 10.9. The van der Waals surface area contributed by atoms with Gasteiger partial charge in [-0.05, 0) is 43.2 Å². The van der Waals surface area contributed by atoms with E-state index in [1.807, 2.05) is 36.2 Å². The Morgan fingerprint density at radius 2 is 2.03 bits per heavy atom. The van der Waals surface area contributed by atoms with E-state index in [9.17, 15) is 9.90 Å². The highest BCUT2D eigenvalue weighted by Gasteiger charge is 2.30. The van der Waals surface area contributed by atoms with E-state index in [1.165, 1.54) is 6.08 Å². The molecule has 168 valence electrons. The first kappa shape index (κ1) is 22.0. The van der Waals surface area contributed by atoms with Crippen LogP contribution in [0.15, 0.2) is 49.2 Å². The number of nitrogens with zero attached hydrogens (tertiary/aromatic N) is 4. The molecule has 5 rings (SSSR count). The van der Waals surface area contributed by atoms with Gasteiger partial charge in [0, 0.05) is 49.4 Å². The van der Waals surface area contributed by atoms with Crippen molar-refractivity contribution in [1.29, 1.82) is 0 Å². The Kier molecular flexibility index (Phi) is 6.82. The number of hydrogen-bond donors (Lipinski definition) is 2. The van der Waals surface area contributed by atoms with Gasteiger partial charge in [-0.3, -0.25) is 9.69 Å². The number of para-hydroxylation sites is 1. The molecular formula is C24H29N5O3. The summed E-state index contributed by atoms with van der Waals surface area (Å²) in [5.74, 6) is 0.278. The maximum atomic E-state index is 11.4. The average molecular weight is 436 g/mol. The Hall–Kier alpha value is -3.23. The number of amides is 1. The smallest absolute Gasteiger partial charge is 0.246 e. The van der Waals surface area contributed by atoms with Gasteiger partial charge < -0.3 is 19.7 Å². The molecule has 0 aliphatic carbocycles. The fraction of sp³-hybridized carbons (Fsp3) is 0.375. The highest BCUT2D eigenvalue weighted by Crippen LogP contribution is 2.28. The van der Waals surface area contributed by atoms with Gasteiger partial charge in [0.05, 0.1) is 18.9 Å². The Bertz CT molecular complexity index is 1090. The van der Waals surface area contributed by atoms with Gasteiger partial charge in [0.1, 0.15) is 5.75 Å². The van der Waals surface area contributed by atoms with E-state index in [4.69, 9.17) is 4.74 Å². The minimum absolute atomic E-state index is 0.0609. The zero-order valence-corrected chi connectivity index (χ0v) is 18.3. The average Bonchev–Trinajstić information content (AvgIpc) is 3.47. The van der Waals surface area contributed by atoms with Crippen molar-refractivity contribution < 1.29 is 14.6 Å². The van der Waals surface area contributed by atoms with Crippen LogP contribution in [0.4, 0.5) is 0 Å². The summed E-state index contributed by atoms with van der Waals surface area (Å²) in [4.78, 5) is 18.8. The van der Waals surface area contributed by atoms with Crippen LogP contribution in [0.25, 0.3) is 22.3 Å². The number of carbonyl (C=O) groups is 1. The summed E-state index contributed by atoms with van der Waals surface area (Å²) in [6, 6.07) is 9.58. The molecule has 0 bridgehead atoms. The number of rotatable bonds is 3. The van der Waals surface area contributed by atoms with Gasteiger partial charge in [-0.2, -0.15) is 0 Å². The molecule has 8 nitrogen and oxygen atoms in total. The molecule has 8 heteroatoms. The van der Waals surface area contributed by atoms with Crippen molar-refractivity contribution in [2.75, 3.05) is 39.4 Å². The Labute approximate surface area is 187 Å². The zero-order valence-electron chi connectivity index (χ0n) is 18.3. The number of carbonyl (C=O) groups excluding carboxylic acids is 1. The zero-order chi connectivity index (χ0) is 22.5. The van der Waals surface area contributed by atoms with Gasteiger partial charge in [-0.1, -0.05) is 18.7 Å². The van der Waals surface area contributed by atoms with E-state index in [2.05, 4.69) is 26.7 Å². The van der Waals surface area contributed by atoms with Crippen LogP contribution in [-0.2, 0) is 9.53 Å². The van der Waals surface area contributed by atoms with Gasteiger partial charge in [-0.25, -0.2) is 0 Å². The highest BCUT2D eigenvalue weighted by atomic mass is 16.5. The third-order valence-electron chi connectivity index (χ3n) is 6.04. The third kappa shape index (κ3) is 4.81. The van der Waals surface area contributed by atoms with Crippen molar-refractivity contribution in [3.63, 3.8) is 0 Å². The van der Waals surface area contributed by atoms with E-state index in [-0.39, 0.29) is 11.7 Å². The number of likely N-dealkylation sites (tertiary alicyclic amines) is 1. The van der Waals surface area contributed by atoms with Crippen LogP contribution in [0.2, 0.25) is 0 Å². The van der Waals surface area contributed by atoms with Gasteiger partial charge in [0.15, 0.2) is 5.65 Å². The lowest BCUT2D eigenvalue weighted by Crippen LogP contribution is -2.45. The number of aromatic hydroxyl groups is 1. The minimum atomic E-state index is 0.0609. The third-order valence-corrected chi connectivity index (χ3v) is 6.04. The normalized spacial score (nSPS) is 18.9. The quantitative estimate of drug-likeness (QED) is 0.615. The molecular weight excluding hydrogens is 406 g/mol. The molecule has 2 aromatic heterocycles. The lowest BCUT2D eigenvalue weighted by atomic mass is 10.1. The van der Waals surface area contributed by atoms with Crippen molar-refractivity contribution >= 4 is 16.9 Å². The molecule has 3 aromatic rings. The summed E-state index contributed by atoms with van der Waals surface area (Å²) in [7, 11) is 0. The number of phenolic OH excluding ortho intramolecular Hbond substituents is 1. The highest BCUT2D eigenvalue weighted by molar-refractivity contribution is 5.87. The van der Waals surface area contributed by atoms with E-state index in [0.717, 1.165) is 62.4 Å². The molecule has 4 heterocycles. The number of aryl methyl sites for hydroxylation is 1. The maximum Gasteiger partial charge on any atom is 0.246 e. The molecule has 1 aromatic carbocycles. The van der Waals surface area contributed by atoms with Crippen molar-refractivity contribution in [2.24, 2.45) is 0 Å². The van der Waals surface area contributed by atoms with E-state index < -0.39 is 0 Å². The molecule has 2 fully saturated rings. The number of benzene rings is 1. The van der Waals surface area contributed by atoms with Crippen molar-refractivity contribution in [1.82, 2.24) is 25.0 Å². The predicted molar refractivity (Wildman–Crippen MR) is 123 cm³/mol. The number of phenols is 1. The molecule has 2 saturated heterocycles. The predicted octanol–water partition coefficient (Wildman–Crippen LogP) is 2.74. The van der Waals surface area contributed by atoms with E-state index >= 15 is 0 Å². The number of fused-ring (bicyclic) bond motifs is 1. The molecule has 2 aliphatic heterocycles. The summed E-state index contributed by atoms with van der Waals surface area (Å²) < 4.78 is 5.32. The number of H-pyrrole nitrogens is 1. The van der Waals surface area contributed by atoms with Crippen LogP contribution >= 0.6 is 0 Å². The van der Waals surface area contributed by atoms with Crippen LogP contribution in [0, 0.1) is 6.92 Å². The number of hydrogen-bond acceptors (Lipinski definition) is 6. The van der Waals surface area contributed by atoms with Crippen LogP contribution in [-0.4, -0.2) is 81.4 Å². The molecule has 0 spiro atoms. The van der Waals surface area contributed by atoms with Gasteiger partial charge in [-0.15, -0.1) is 10.2 Å². The molecule has 0 saturated carbocycles. The SMILES string of the molecule is C=CC(=O)N1CC[C@H](N2CCOCC2)C1.Cc1c[nH]c2nnc(-c3ccccc3O)cc12. The molecule has 0 radical (unpaired) electrons. The summed E-state index contributed by atoms with van der Waals surface area (Å²) in [6.07, 6.45) is 4.38. The largest absolute Gasteiger partial charge is 0.507 e. The Morgan fingerprint density at radius 1 is 1.25 bits per heavy atom. The molecule has 1 atom stereocenters. The number of nitrogens with one attached hydrogen (secondary N) is 1. The first-order chi connectivity index (χ1) is 15.6. The molecule has 2 N–H and O–H groups in total. The second-order valence-electron chi connectivity index (χ2n) is 8.06. The number of aromatic amines is 1. The second-order valence-corrected chi connectivity index (χ2v) is 8.06. The number of aromatic nitrogens is 3. The maximum absolute atomic E-state index is 11.4. The van der Waals surface area contributed by atoms with Gasteiger partial charge >= 0.3 is 0 Å². The fourth-order valence-corrected chi connectivity index (χ4v) is 4.19. The minimum Gasteiger partial charge on any atom is -0.507 e. The van der Waals surface area contributed by atoms with E-state index in [0.29, 0.717) is 17.3 Å². The van der Waals surface area contributed by atoms with E-state index in [1.54, 1.807) is 12.1 Å². The summed E-state index contributed by atoms with van der Waals surface area (Å²) in [6.45, 7) is 10.9. The second kappa shape index (κ2) is 9.93. The summed E-state index contributed by atoms with van der Waals surface area (Å²) in [5, 5.41) is 19.0.